The Morgan fingerprint density at radius 1 is 1.42 bits per heavy atom. The number of ether oxygens (including phenoxy) is 1. The summed E-state index contributed by atoms with van der Waals surface area (Å²) in [4.78, 5) is 0. The van der Waals surface area contributed by atoms with Crippen LogP contribution in [0.1, 0.15) is 16.8 Å². The van der Waals surface area contributed by atoms with Crippen LogP contribution in [0, 0.1) is 13.8 Å². The number of rotatable bonds is 3. The molecule has 0 aliphatic rings. The lowest BCUT2D eigenvalue weighted by atomic mass is 10.1. The molecule has 2 aromatic heterocycles. The van der Waals surface area contributed by atoms with Crippen LogP contribution in [0.2, 0.25) is 0 Å². The molecule has 2 aromatic rings. The van der Waals surface area contributed by atoms with Gasteiger partial charge in [0.2, 0.25) is 5.88 Å². The topological polar surface area (TPSA) is 111 Å². The summed E-state index contributed by atoms with van der Waals surface area (Å²) < 4.78 is 7.15. The summed E-state index contributed by atoms with van der Waals surface area (Å²) in [5.74, 6) is 0.591. The quantitative estimate of drug-likeness (QED) is 0.365. The zero-order valence-corrected chi connectivity index (χ0v) is 10.8. The molecule has 0 atom stereocenters. The van der Waals surface area contributed by atoms with Crippen molar-refractivity contribution in [3.8, 4) is 11.6 Å². The van der Waals surface area contributed by atoms with Gasteiger partial charge >= 0.3 is 0 Å². The summed E-state index contributed by atoms with van der Waals surface area (Å²) >= 11 is 0. The van der Waals surface area contributed by atoms with E-state index in [9.17, 15) is 0 Å². The SMILES string of the molecule is Cc1nnc(Oc2cnn(C)c2)c(C(N)=NO)c1C. The Kier molecular flexibility index (Phi) is 3.32. The number of nitrogens with zero attached hydrogens (tertiary/aromatic N) is 5. The van der Waals surface area contributed by atoms with Gasteiger partial charge in [0.15, 0.2) is 11.6 Å². The van der Waals surface area contributed by atoms with Gasteiger partial charge in [-0.05, 0) is 19.4 Å². The molecular formula is C11H14N6O2. The maximum absolute atomic E-state index is 8.84. The first-order chi connectivity index (χ1) is 9.02. The molecule has 8 nitrogen and oxygen atoms in total. The summed E-state index contributed by atoms with van der Waals surface area (Å²) in [6, 6.07) is 0. The van der Waals surface area contributed by atoms with Crippen LogP contribution >= 0.6 is 0 Å². The van der Waals surface area contributed by atoms with E-state index in [-0.39, 0.29) is 11.7 Å². The molecule has 3 N–H and O–H groups in total. The minimum Gasteiger partial charge on any atom is -0.434 e. The van der Waals surface area contributed by atoms with E-state index in [1.54, 1.807) is 31.8 Å². The van der Waals surface area contributed by atoms with Gasteiger partial charge in [-0.3, -0.25) is 4.68 Å². The zero-order chi connectivity index (χ0) is 14.0. The molecule has 0 saturated heterocycles. The number of hydrogen-bond donors (Lipinski definition) is 2. The molecule has 0 unspecified atom stereocenters. The second kappa shape index (κ2) is 4.92. The minimum absolute atomic E-state index is 0.0746. The van der Waals surface area contributed by atoms with Gasteiger partial charge in [0.05, 0.1) is 23.7 Å². The van der Waals surface area contributed by atoms with Crippen LogP contribution in [0.3, 0.4) is 0 Å². The average Bonchev–Trinajstić information content (AvgIpc) is 2.79. The number of aryl methyl sites for hydroxylation is 2. The predicted octanol–water partition coefficient (Wildman–Crippen LogP) is 0.714. The lowest BCUT2D eigenvalue weighted by molar-refractivity contribution is 0.318. The zero-order valence-electron chi connectivity index (χ0n) is 10.8. The largest absolute Gasteiger partial charge is 0.434 e. The van der Waals surface area contributed by atoms with Gasteiger partial charge in [-0.15, -0.1) is 5.10 Å². The molecule has 19 heavy (non-hydrogen) atoms. The Hall–Kier alpha value is -2.64. The van der Waals surface area contributed by atoms with Crippen LogP contribution in [0.5, 0.6) is 11.6 Å². The third kappa shape index (κ3) is 2.46. The maximum atomic E-state index is 8.84. The molecule has 8 heteroatoms. The highest BCUT2D eigenvalue weighted by atomic mass is 16.5. The van der Waals surface area contributed by atoms with Crippen LogP contribution in [0.4, 0.5) is 0 Å². The summed E-state index contributed by atoms with van der Waals surface area (Å²) in [6.07, 6.45) is 3.21. The van der Waals surface area contributed by atoms with Crippen LogP contribution in [0.25, 0.3) is 0 Å². The van der Waals surface area contributed by atoms with Crippen molar-refractivity contribution < 1.29 is 9.94 Å². The van der Waals surface area contributed by atoms with Gasteiger partial charge in [-0.1, -0.05) is 5.16 Å². The number of nitrogens with two attached hydrogens (primary N) is 1. The van der Waals surface area contributed by atoms with Gasteiger partial charge in [0.25, 0.3) is 0 Å². The minimum atomic E-state index is -0.0746. The Labute approximate surface area is 109 Å². The van der Waals surface area contributed by atoms with Crippen molar-refractivity contribution in [2.45, 2.75) is 13.8 Å². The van der Waals surface area contributed by atoms with Crippen LogP contribution in [-0.2, 0) is 7.05 Å². The van der Waals surface area contributed by atoms with Crippen molar-refractivity contribution in [3.63, 3.8) is 0 Å². The highest BCUT2D eigenvalue weighted by Crippen LogP contribution is 2.25. The van der Waals surface area contributed by atoms with E-state index < -0.39 is 0 Å². The highest BCUT2D eigenvalue weighted by Gasteiger charge is 2.17. The van der Waals surface area contributed by atoms with Gasteiger partial charge in [-0.25, -0.2) is 0 Å². The molecule has 2 rings (SSSR count). The number of hydrogen-bond acceptors (Lipinski definition) is 6. The fourth-order valence-electron chi connectivity index (χ4n) is 1.57. The van der Waals surface area contributed by atoms with E-state index in [4.69, 9.17) is 15.7 Å². The van der Waals surface area contributed by atoms with Crippen LogP contribution < -0.4 is 10.5 Å². The fraction of sp³-hybridized carbons (Fsp3) is 0.273. The van der Waals surface area contributed by atoms with Crippen molar-refractivity contribution in [1.82, 2.24) is 20.0 Å². The van der Waals surface area contributed by atoms with Gasteiger partial charge < -0.3 is 15.7 Å². The van der Waals surface area contributed by atoms with E-state index in [2.05, 4.69) is 20.5 Å². The molecule has 0 saturated carbocycles. The molecule has 0 aliphatic carbocycles. The summed E-state index contributed by atoms with van der Waals surface area (Å²) in [7, 11) is 1.77. The second-order valence-electron chi connectivity index (χ2n) is 4.03. The first-order valence-corrected chi connectivity index (χ1v) is 5.51. The Bertz CT molecular complexity index is 634. The molecule has 2 heterocycles. The van der Waals surface area contributed by atoms with E-state index in [0.29, 0.717) is 17.0 Å². The van der Waals surface area contributed by atoms with Gasteiger partial charge in [0, 0.05) is 7.05 Å². The molecule has 0 aliphatic heterocycles. The van der Waals surface area contributed by atoms with E-state index >= 15 is 0 Å². The van der Waals surface area contributed by atoms with Crippen molar-refractivity contribution in [2.24, 2.45) is 17.9 Å². The van der Waals surface area contributed by atoms with E-state index in [0.717, 1.165) is 5.56 Å². The lowest BCUT2D eigenvalue weighted by Gasteiger charge is -2.10. The molecule has 0 amide bonds. The second-order valence-corrected chi connectivity index (χ2v) is 4.03. The van der Waals surface area contributed by atoms with Crippen molar-refractivity contribution >= 4 is 5.84 Å². The third-order valence-electron chi connectivity index (χ3n) is 2.68. The molecule has 100 valence electrons. The van der Waals surface area contributed by atoms with Crippen molar-refractivity contribution in [1.29, 1.82) is 0 Å². The van der Waals surface area contributed by atoms with Crippen molar-refractivity contribution in [3.05, 3.63) is 29.2 Å². The van der Waals surface area contributed by atoms with E-state index in [1.807, 2.05) is 0 Å². The van der Waals surface area contributed by atoms with Gasteiger partial charge in [0.1, 0.15) is 0 Å². The first kappa shape index (κ1) is 12.8. The highest BCUT2D eigenvalue weighted by molar-refractivity contribution is 6.00. The molecule has 0 spiro atoms. The monoisotopic (exact) mass is 262 g/mol. The standard InChI is InChI=1S/C11H14N6O2/c1-6-7(2)14-15-11(9(6)10(12)16-18)19-8-4-13-17(3)5-8/h4-5,18H,1-3H3,(H2,12,16). The lowest BCUT2D eigenvalue weighted by Crippen LogP contribution is -2.18. The average molecular weight is 262 g/mol. The molecule has 0 fully saturated rings. The Balaban J connectivity index is 2.48. The first-order valence-electron chi connectivity index (χ1n) is 5.51. The normalized spacial score (nSPS) is 11.6. The van der Waals surface area contributed by atoms with E-state index in [1.165, 1.54) is 6.20 Å². The molecule has 0 aromatic carbocycles. The van der Waals surface area contributed by atoms with Crippen molar-refractivity contribution in [2.75, 3.05) is 0 Å². The smallest absolute Gasteiger partial charge is 0.250 e. The summed E-state index contributed by atoms with van der Waals surface area (Å²) in [5.41, 5.74) is 7.49. The van der Waals surface area contributed by atoms with Gasteiger partial charge in [-0.2, -0.15) is 10.2 Å². The van der Waals surface area contributed by atoms with Crippen LogP contribution in [-0.4, -0.2) is 31.0 Å². The molecular weight excluding hydrogens is 248 g/mol. The number of oxime groups is 1. The fourth-order valence-corrected chi connectivity index (χ4v) is 1.57. The summed E-state index contributed by atoms with van der Waals surface area (Å²) in [5, 5.41) is 23.7. The number of amidine groups is 1. The third-order valence-corrected chi connectivity index (χ3v) is 2.68. The molecule has 0 bridgehead atoms. The van der Waals surface area contributed by atoms with Crippen LogP contribution in [0.15, 0.2) is 17.5 Å². The maximum Gasteiger partial charge on any atom is 0.250 e. The predicted molar refractivity (Wildman–Crippen MR) is 67.3 cm³/mol. The molecule has 0 radical (unpaired) electrons. The Morgan fingerprint density at radius 3 is 2.74 bits per heavy atom. The Morgan fingerprint density at radius 2 is 2.16 bits per heavy atom. The number of aromatic nitrogens is 4. The summed E-state index contributed by atoms with van der Waals surface area (Å²) in [6.45, 7) is 3.58.